The molecule has 0 fully saturated rings. The molecular weight excluding hydrogens is 404 g/mol. The van der Waals surface area contributed by atoms with Gasteiger partial charge in [-0.25, -0.2) is 4.83 Å². The Morgan fingerprint density at radius 1 is 1.04 bits per heavy atom. The molecule has 0 aromatic heterocycles. The molecule has 0 bridgehead atoms. The van der Waals surface area contributed by atoms with Gasteiger partial charge in [0.05, 0.1) is 18.2 Å². The maximum atomic E-state index is 12.3. The summed E-state index contributed by atoms with van der Waals surface area (Å²) < 4.78 is 30.7. The number of hydrazone groups is 1. The van der Waals surface area contributed by atoms with Crippen molar-refractivity contribution in [2.45, 2.75) is 4.90 Å². The van der Waals surface area contributed by atoms with Gasteiger partial charge in [0.15, 0.2) is 0 Å². The Bertz CT molecular complexity index is 1030. The van der Waals surface area contributed by atoms with E-state index >= 15 is 0 Å². The molecule has 128 valence electrons. The van der Waals surface area contributed by atoms with Gasteiger partial charge in [0.1, 0.15) is 5.75 Å². The van der Waals surface area contributed by atoms with Crippen molar-refractivity contribution >= 4 is 42.9 Å². The summed E-state index contributed by atoms with van der Waals surface area (Å²) in [5.41, 5.74) is 0.708. The van der Waals surface area contributed by atoms with Crippen molar-refractivity contribution in [2.24, 2.45) is 5.10 Å². The SMILES string of the molecule is COc1ccc2ccccc2c1/C=N/NS(=O)(=O)c1ccc(Br)cc1. The van der Waals surface area contributed by atoms with E-state index in [1.165, 1.54) is 18.3 Å². The molecular formula is C18H15BrN2O3S. The molecule has 3 aromatic rings. The van der Waals surface area contributed by atoms with E-state index in [-0.39, 0.29) is 4.90 Å². The molecule has 3 rings (SSSR count). The van der Waals surface area contributed by atoms with Crippen LogP contribution in [0.2, 0.25) is 0 Å². The lowest BCUT2D eigenvalue weighted by atomic mass is 10.0. The first-order valence-electron chi connectivity index (χ1n) is 7.37. The summed E-state index contributed by atoms with van der Waals surface area (Å²) in [4.78, 5) is 2.37. The molecule has 5 nitrogen and oxygen atoms in total. The van der Waals surface area contributed by atoms with E-state index in [0.717, 1.165) is 15.2 Å². The zero-order valence-corrected chi connectivity index (χ0v) is 15.7. The standard InChI is InChI=1S/C18H15BrN2O3S/c1-24-18-11-6-13-4-2-3-5-16(13)17(18)12-20-21-25(22,23)15-9-7-14(19)8-10-15/h2-12,21H,1H3/b20-12+. The summed E-state index contributed by atoms with van der Waals surface area (Å²) >= 11 is 3.28. The second-order valence-electron chi connectivity index (χ2n) is 5.21. The maximum Gasteiger partial charge on any atom is 0.276 e. The number of rotatable bonds is 5. The minimum Gasteiger partial charge on any atom is -0.496 e. The third-order valence-electron chi connectivity index (χ3n) is 3.64. The molecule has 0 aliphatic carbocycles. The number of benzene rings is 3. The van der Waals surface area contributed by atoms with Crippen LogP contribution in [-0.2, 0) is 10.0 Å². The van der Waals surface area contributed by atoms with E-state index in [1.54, 1.807) is 19.2 Å². The number of methoxy groups -OCH3 is 1. The Morgan fingerprint density at radius 3 is 2.48 bits per heavy atom. The second-order valence-corrected chi connectivity index (χ2v) is 7.79. The number of halogens is 1. The van der Waals surface area contributed by atoms with Crippen LogP contribution >= 0.6 is 15.9 Å². The van der Waals surface area contributed by atoms with Gasteiger partial charge in [0.25, 0.3) is 10.0 Å². The lowest BCUT2D eigenvalue weighted by molar-refractivity contribution is 0.415. The lowest BCUT2D eigenvalue weighted by Gasteiger charge is -2.08. The molecule has 0 atom stereocenters. The van der Waals surface area contributed by atoms with Crippen LogP contribution in [-0.4, -0.2) is 21.7 Å². The van der Waals surface area contributed by atoms with E-state index < -0.39 is 10.0 Å². The minimum absolute atomic E-state index is 0.137. The Labute approximate surface area is 154 Å². The molecule has 0 unspecified atom stereocenters. The lowest BCUT2D eigenvalue weighted by Crippen LogP contribution is -2.18. The fourth-order valence-corrected chi connectivity index (χ4v) is 3.47. The fourth-order valence-electron chi connectivity index (χ4n) is 2.41. The molecule has 0 radical (unpaired) electrons. The monoisotopic (exact) mass is 418 g/mol. The fraction of sp³-hybridized carbons (Fsp3) is 0.0556. The van der Waals surface area contributed by atoms with E-state index in [4.69, 9.17) is 4.74 Å². The molecule has 0 amide bonds. The van der Waals surface area contributed by atoms with Crippen molar-refractivity contribution in [3.63, 3.8) is 0 Å². The van der Waals surface area contributed by atoms with Crippen molar-refractivity contribution in [1.29, 1.82) is 0 Å². The largest absolute Gasteiger partial charge is 0.496 e. The molecule has 0 aliphatic heterocycles. The van der Waals surface area contributed by atoms with Crippen LogP contribution < -0.4 is 9.57 Å². The van der Waals surface area contributed by atoms with Crippen molar-refractivity contribution < 1.29 is 13.2 Å². The van der Waals surface area contributed by atoms with E-state index in [1.807, 2.05) is 36.4 Å². The molecule has 0 saturated heterocycles. The summed E-state index contributed by atoms with van der Waals surface area (Å²) in [6.45, 7) is 0. The zero-order chi connectivity index (χ0) is 17.9. The number of hydrogen-bond donors (Lipinski definition) is 1. The highest BCUT2D eigenvalue weighted by atomic mass is 79.9. The van der Waals surface area contributed by atoms with Gasteiger partial charge in [-0.1, -0.05) is 46.3 Å². The smallest absolute Gasteiger partial charge is 0.276 e. The third kappa shape index (κ3) is 3.83. The Kier molecular flexibility index (Phi) is 5.06. The maximum absolute atomic E-state index is 12.3. The summed E-state index contributed by atoms with van der Waals surface area (Å²) in [5.74, 6) is 0.616. The molecule has 25 heavy (non-hydrogen) atoms. The van der Waals surface area contributed by atoms with Crippen molar-refractivity contribution in [1.82, 2.24) is 4.83 Å². The number of ether oxygens (including phenoxy) is 1. The summed E-state index contributed by atoms with van der Waals surface area (Å²) in [6.07, 6.45) is 1.46. The Hall–Kier alpha value is -2.38. The van der Waals surface area contributed by atoms with Gasteiger partial charge >= 0.3 is 0 Å². The normalized spacial score (nSPS) is 11.8. The van der Waals surface area contributed by atoms with Crippen LogP contribution in [0.3, 0.4) is 0 Å². The van der Waals surface area contributed by atoms with Crippen LogP contribution in [0.15, 0.2) is 75.1 Å². The third-order valence-corrected chi connectivity index (χ3v) is 5.41. The van der Waals surface area contributed by atoms with Gasteiger partial charge in [0, 0.05) is 10.0 Å². The van der Waals surface area contributed by atoms with Gasteiger partial charge in [-0.2, -0.15) is 13.5 Å². The highest BCUT2D eigenvalue weighted by Crippen LogP contribution is 2.26. The Balaban J connectivity index is 1.92. The van der Waals surface area contributed by atoms with Crippen LogP contribution in [0.1, 0.15) is 5.56 Å². The molecule has 3 aromatic carbocycles. The van der Waals surface area contributed by atoms with Gasteiger partial charge in [-0.15, -0.1) is 0 Å². The number of fused-ring (bicyclic) bond motifs is 1. The van der Waals surface area contributed by atoms with Crippen molar-refractivity contribution in [3.8, 4) is 5.75 Å². The topological polar surface area (TPSA) is 67.8 Å². The van der Waals surface area contributed by atoms with Crippen LogP contribution in [0.5, 0.6) is 5.75 Å². The average Bonchev–Trinajstić information content (AvgIpc) is 2.62. The summed E-state index contributed by atoms with van der Waals surface area (Å²) in [6, 6.07) is 17.8. The average molecular weight is 419 g/mol. The van der Waals surface area contributed by atoms with E-state index in [9.17, 15) is 8.42 Å². The first-order chi connectivity index (χ1) is 12.0. The van der Waals surface area contributed by atoms with Crippen molar-refractivity contribution in [3.05, 3.63) is 70.7 Å². The molecule has 7 heteroatoms. The molecule has 1 N–H and O–H groups in total. The summed E-state index contributed by atoms with van der Waals surface area (Å²) in [7, 11) is -2.17. The highest BCUT2D eigenvalue weighted by Gasteiger charge is 2.12. The van der Waals surface area contributed by atoms with Crippen molar-refractivity contribution in [2.75, 3.05) is 7.11 Å². The van der Waals surface area contributed by atoms with Crippen LogP contribution in [0.4, 0.5) is 0 Å². The van der Waals surface area contributed by atoms with Gasteiger partial charge in [-0.05, 0) is 41.1 Å². The number of nitrogens with one attached hydrogen (secondary N) is 1. The molecule has 0 spiro atoms. The Morgan fingerprint density at radius 2 is 1.76 bits per heavy atom. The van der Waals surface area contributed by atoms with Gasteiger partial charge in [-0.3, -0.25) is 0 Å². The molecule has 0 saturated carbocycles. The molecule has 0 aliphatic rings. The first kappa shape index (κ1) is 17.4. The number of hydrogen-bond acceptors (Lipinski definition) is 4. The quantitative estimate of drug-likeness (QED) is 0.504. The van der Waals surface area contributed by atoms with E-state index in [2.05, 4.69) is 25.9 Å². The zero-order valence-electron chi connectivity index (χ0n) is 13.3. The van der Waals surface area contributed by atoms with E-state index in [0.29, 0.717) is 11.3 Å². The number of sulfonamides is 1. The predicted octanol–water partition coefficient (Wildman–Crippen LogP) is 3.92. The number of nitrogens with zero attached hydrogens (tertiary/aromatic N) is 1. The summed E-state index contributed by atoms with van der Waals surface area (Å²) in [5, 5.41) is 5.86. The van der Waals surface area contributed by atoms with Gasteiger partial charge < -0.3 is 4.74 Å². The highest BCUT2D eigenvalue weighted by molar-refractivity contribution is 9.10. The first-order valence-corrected chi connectivity index (χ1v) is 9.65. The minimum atomic E-state index is -3.73. The second kappa shape index (κ2) is 7.25. The van der Waals surface area contributed by atoms with Crippen LogP contribution in [0.25, 0.3) is 10.8 Å². The van der Waals surface area contributed by atoms with Gasteiger partial charge in [0.2, 0.25) is 0 Å². The predicted molar refractivity (Wildman–Crippen MR) is 103 cm³/mol. The van der Waals surface area contributed by atoms with Crippen LogP contribution in [0, 0.1) is 0 Å². The molecule has 0 heterocycles.